The predicted molar refractivity (Wildman–Crippen MR) is 123 cm³/mol. The summed E-state index contributed by atoms with van der Waals surface area (Å²) in [5, 5.41) is 14.5. The van der Waals surface area contributed by atoms with Gasteiger partial charge in [0.05, 0.1) is 0 Å². The van der Waals surface area contributed by atoms with Crippen molar-refractivity contribution in [1.29, 1.82) is 5.26 Å². The Morgan fingerprint density at radius 1 is 1.35 bits per heavy atom. The Kier molecular flexibility index (Phi) is 6.58. The third-order valence-corrected chi connectivity index (χ3v) is 7.77. The number of nitrogens with one attached hydrogen (secondary N) is 1. The topological polar surface area (TPSA) is 85.2 Å². The van der Waals surface area contributed by atoms with Crippen LogP contribution in [0.4, 0.5) is 11.4 Å². The van der Waals surface area contributed by atoms with E-state index in [0.717, 1.165) is 65.1 Å². The Hall–Kier alpha value is -2.84. The molecule has 2 aromatic rings. The Balaban J connectivity index is 1.52. The molecule has 0 unspecified atom stereocenters. The van der Waals surface area contributed by atoms with E-state index in [1.165, 1.54) is 0 Å². The third kappa shape index (κ3) is 4.45. The first-order valence-corrected chi connectivity index (χ1v) is 13.0. The van der Waals surface area contributed by atoms with Crippen LogP contribution in [0.2, 0.25) is 5.21 Å². The number of para-hydroxylation sites is 2. The van der Waals surface area contributed by atoms with Crippen molar-refractivity contribution in [2.45, 2.75) is 38.3 Å². The third-order valence-electron chi connectivity index (χ3n) is 5.59. The van der Waals surface area contributed by atoms with Crippen molar-refractivity contribution >= 4 is 43.2 Å². The molecule has 0 aliphatic carbocycles. The van der Waals surface area contributed by atoms with Crippen LogP contribution in [0.25, 0.3) is 5.57 Å². The minimum absolute atomic E-state index is 0.209. The molecule has 1 saturated heterocycles. The van der Waals surface area contributed by atoms with Crippen LogP contribution in [0.3, 0.4) is 0 Å². The monoisotopic (exact) mass is 477 g/mol. The van der Waals surface area contributed by atoms with E-state index in [0.29, 0.717) is 17.7 Å². The summed E-state index contributed by atoms with van der Waals surface area (Å²) < 4.78 is 0.830. The SMILES string of the molecule is CCN1/C(=C(\C#N)c2nc([As]CCCN3CCCC3=O)ncc2C)Nc2ccccc21. The minimum atomic E-state index is -0.209. The van der Waals surface area contributed by atoms with E-state index >= 15 is 0 Å². The van der Waals surface area contributed by atoms with E-state index in [9.17, 15) is 10.1 Å². The van der Waals surface area contributed by atoms with Gasteiger partial charge in [-0.05, 0) is 0 Å². The molecule has 1 radical (unpaired) electrons. The van der Waals surface area contributed by atoms with Gasteiger partial charge in [0, 0.05) is 0 Å². The van der Waals surface area contributed by atoms with Gasteiger partial charge in [-0.1, -0.05) is 0 Å². The summed E-state index contributed by atoms with van der Waals surface area (Å²) in [6.45, 7) is 6.50. The van der Waals surface area contributed by atoms with Gasteiger partial charge in [0.25, 0.3) is 0 Å². The number of anilines is 2. The van der Waals surface area contributed by atoms with Crippen molar-refractivity contribution in [2.24, 2.45) is 0 Å². The van der Waals surface area contributed by atoms with Crippen LogP contribution in [0, 0.1) is 18.3 Å². The molecule has 2 aliphatic heterocycles. The second-order valence-corrected chi connectivity index (χ2v) is 10.1. The van der Waals surface area contributed by atoms with Gasteiger partial charge < -0.3 is 0 Å². The summed E-state index contributed by atoms with van der Waals surface area (Å²) in [7, 11) is 0. The Labute approximate surface area is 189 Å². The number of benzene rings is 1. The Morgan fingerprint density at radius 3 is 2.94 bits per heavy atom. The first-order chi connectivity index (χ1) is 15.1. The van der Waals surface area contributed by atoms with Gasteiger partial charge in [-0.2, -0.15) is 0 Å². The number of nitrogens with zero attached hydrogens (tertiary/aromatic N) is 5. The molecule has 0 saturated carbocycles. The Morgan fingerprint density at radius 2 is 2.19 bits per heavy atom. The zero-order valence-electron chi connectivity index (χ0n) is 17.9. The van der Waals surface area contributed by atoms with E-state index < -0.39 is 0 Å². The number of amides is 1. The second kappa shape index (κ2) is 9.53. The molecule has 0 atom stereocenters. The number of carbonyl (C=O) groups is 1. The van der Waals surface area contributed by atoms with Crippen molar-refractivity contribution < 1.29 is 4.79 Å². The number of allylic oxidation sites excluding steroid dienone is 1. The molecule has 8 heteroatoms. The van der Waals surface area contributed by atoms with Gasteiger partial charge in [0.2, 0.25) is 0 Å². The molecule has 0 spiro atoms. The molecular formula is C23H26AsN6O. The number of aromatic nitrogens is 2. The van der Waals surface area contributed by atoms with Gasteiger partial charge in [-0.25, -0.2) is 0 Å². The normalized spacial score (nSPS) is 17.3. The summed E-state index contributed by atoms with van der Waals surface area (Å²) in [5.41, 5.74) is 4.21. The molecule has 159 valence electrons. The van der Waals surface area contributed by atoms with Crippen molar-refractivity contribution in [3.05, 3.63) is 47.5 Å². The number of likely N-dealkylation sites (tertiary alicyclic amines) is 1. The van der Waals surface area contributed by atoms with Gasteiger partial charge in [0.1, 0.15) is 0 Å². The number of hydrogen-bond donors (Lipinski definition) is 1. The first kappa shape index (κ1) is 21.4. The number of fused-ring (bicyclic) bond motifs is 1. The van der Waals surface area contributed by atoms with Crippen molar-refractivity contribution in [3.63, 3.8) is 0 Å². The second-order valence-electron chi connectivity index (χ2n) is 7.64. The maximum atomic E-state index is 11.8. The number of rotatable bonds is 7. The van der Waals surface area contributed by atoms with E-state index in [1.54, 1.807) is 0 Å². The van der Waals surface area contributed by atoms with Crippen LogP contribution in [0.5, 0.6) is 0 Å². The van der Waals surface area contributed by atoms with E-state index in [-0.39, 0.29) is 21.7 Å². The van der Waals surface area contributed by atoms with Crippen LogP contribution in [-0.2, 0) is 4.79 Å². The molecule has 1 fully saturated rings. The Bertz CT molecular complexity index is 1060. The molecule has 1 amide bonds. The van der Waals surface area contributed by atoms with Gasteiger partial charge in [-0.15, -0.1) is 0 Å². The summed E-state index contributed by atoms with van der Waals surface area (Å²) in [6.07, 6.45) is 4.48. The summed E-state index contributed by atoms with van der Waals surface area (Å²) >= 11 is -0.209. The zero-order chi connectivity index (χ0) is 21.8. The maximum absolute atomic E-state index is 11.8. The number of carbonyl (C=O) groups excluding carboxylic acids is 1. The molecule has 3 heterocycles. The number of nitriles is 1. The molecule has 1 aromatic carbocycles. The van der Waals surface area contributed by atoms with Gasteiger partial charge in [-0.3, -0.25) is 0 Å². The van der Waals surface area contributed by atoms with Crippen LogP contribution in [0.1, 0.15) is 37.4 Å². The van der Waals surface area contributed by atoms with Crippen LogP contribution in [-0.4, -0.2) is 56.2 Å². The fraction of sp³-hybridized carbons (Fsp3) is 0.391. The molecule has 31 heavy (non-hydrogen) atoms. The molecule has 1 aromatic heterocycles. The molecule has 4 rings (SSSR count). The van der Waals surface area contributed by atoms with E-state index in [2.05, 4.69) is 34.3 Å². The van der Waals surface area contributed by atoms with Crippen molar-refractivity contribution in [2.75, 3.05) is 29.9 Å². The van der Waals surface area contributed by atoms with Crippen molar-refractivity contribution in [1.82, 2.24) is 14.9 Å². The average molecular weight is 477 g/mol. The molecule has 0 bridgehead atoms. The van der Waals surface area contributed by atoms with Gasteiger partial charge in [0.15, 0.2) is 0 Å². The van der Waals surface area contributed by atoms with Crippen LogP contribution >= 0.6 is 0 Å². The number of aryl methyl sites for hydroxylation is 1. The molecule has 7 nitrogen and oxygen atoms in total. The fourth-order valence-electron chi connectivity index (χ4n) is 4.02. The zero-order valence-corrected chi connectivity index (χ0v) is 19.8. The summed E-state index contributed by atoms with van der Waals surface area (Å²) in [4.78, 5) is 25.2. The predicted octanol–water partition coefficient (Wildman–Crippen LogP) is 2.69. The van der Waals surface area contributed by atoms with Gasteiger partial charge >= 0.3 is 190 Å². The van der Waals surface area contributed by atoms with Crippen LogP contribution < -0.4 is 14.8 Å². The average Bonchev–Trinajstić information content (AvgIpc) is 3.36. The molecule has 1 N–H and O–H groups in total. The fourth-order valence-corrected chi connectivity index (χ4v) is 5.72. The van der Waals surface area contributed by atoms with Crippen molar-refractivity contribution in [3.8, 4) is 6.07 Å². The van der Waals surface area contributed by atoms with E-state index in [4.69, 9.17) is 4.98 Å². The molecule has 2 aliphatic rings. The van der Waals surface area contributed by atoms with Crippen LogP contribution in [0.15, 0.2) is 36.3 Å². The first-order valence-electron chi connectivity index (χ1n) is 10.7. The number of hydrogen-bond acceptors (Lipinski definition) is 6. The summed E-state index contributed by atoms with van der Waals surface area (Å²) in [6, 6.07) is 10.5. The quantitative estimate of drug-likeness (QED) is 0.375. The van der Waals surface area contributed by atoms with E-state index in [1.807, 2.05) is 36.2 Å². The molecular weight excluding hydrogens is 451 g/mol. The summed E-state index contributed by atoms with van der Waals surface area (Å²) in [5.74, 6) is 1.06. The standard InChI is InChI=1S/C23H26AsN6O/c1-3-30-19-9-5-4-8-18(19)27-22(30)17(14-25)21-16(2)15-26-23(28-21)24-11-7-13-29-12-6-10-20(29)31/h4-5,8-9,15,27H,3,6-7,10-13H2,1-2H3/b22-17+.